The summed E-state index contributed by atoms with van der Waals surface area (Å²) in [5.41, 5.74) is 0.828. The van der Waals surface area contributed by atoms with Gasteiger partial charge in [0.1, 0.15) is 5.82 Å². The molecule has 10 heteroatoms. The Morgan fingerprint density at radius 2 is 1.93 bits per heavy atom. The molecule has 7 nitrogen and oxygen atoms in total. The highest BCUT2D eigenvalue weighted by atomic mass is 32.2. The van der Waals surface area contributed by atoms with E-state index >= 15 is 0 Å². The zero-order chi connectivity index (χ0) is 21.9. The second-order valence-electron chi connectivity index (χ2n) is 6.78. The summed E-state index contributed by atoms with van der Waals surface area (Å²) in [6, 6.07) is 5.83. The van der Waals surface area contributed by atoms with Crippen LogP contribution in [-0.4, -0.2) is 53.3 Å². The summed E-state index contributed by atoms with van der Waals surface area (Å²) in [5.74, 6) is -0.145. The van der Waals surface area contributed by atoms with Gasteiger partial charge in [-0.1, -0.05) is 41.3 Å². The molecule has 2 rings (SSSR count). The Morgan fingerprint density at radius 1 is 1.23 bits per heavy atom. The van der Waals surface area contributed by atoms with E-state index in [0.29, 0.717) is 17.3 Å². The van der Waals surface area contributed by atoms with Crippen molar-refractivity contribution in [1.29, 1.82) is 0 Å². The minimum Gasteiger partial charge on any atom is -0.349 e. The number of carbonyl (C=O) groups excluding carboxylic acids is 2. The largest absolute Gasteiger partial charge is 0.349 e. The molecule has 0 aliphatic rings. The number of amides is 2. The van der Waals surface area contributed by atoms with Crippen LogP contribution in [-0.2, 0) is 9.59 Å². The first kappa shape index (κ1) is 24.0. The van der Waals surface area contributed by atoms with Crippen molar-refractivity contribution in [3.63, 3.8) is 0 Å². The number of nitrogens with one attached hydrogen (secondary N) is 2. The Balaban J connectivity index is 1.85. The lowest BCUT2D eigenvalue weighted by molar-refractivity contribution is -0.125. The normalized spacial score (nSPS) is 11.9. The molecule has 2 N–H and O–H groups in total. The van der Waals surface area contributed by atoms with E-state index in [4.69, 9.17) is 0 Å². The standard InChI is InChI=1S/C20H26FN5O2S2/c1-4-13-29-20-25-24-19(30-20)23-18(28)10-9-17(27)22-16(11-12-26(2)3)14-5-7-15(21)8-6-14/h4-8,16H,1,9-13H2,2-3H3,(H,22,27)(H,23,24,28). The van der Waals surface area contributed by atoms with Crippen molar-refractivity contribution in [1.82, 2.24) is 20.4 Å². The third-order valence-corrected chi connectivity index (χ3v) is 6.00. The van der Waals surface area contributed by atoms with Crippen LogP contribution < -0.4 is 10.6 Å². The summed E-state index contributed by atoms with van der Waals surface area (Å²) in [4.78, 5) is 26.5. The van der Waals surface area contributed by atoms with Gasteiger partial charge in [-0.05, 0) is 44.8 Å². The Hall–Kier alpha value is -2.30. The lowest BCUT2D eigenvalue weighted by Crippen LogP contribution is -2.31. The van der Waals surface area contributed by atoms with Crippen LogP contribution in [0.25, 0.3) is 0 Å². The second-order valence-corrected chi connectivity index (χ2v) is 9.03. The van der Waals surface area contributed by atoms with Crippen molar-refractivity contribution in [3.8, 4) is 0 Å². The maximum atomic E-state index is 13.2. The highest BCUT2D eigenvalue weighted by Crippen LogP contribution is 2.25. The minimum absolute atomic E-state index is 0.0321. The van der Waals surface area contributed by atoms with Gasteiger partial charge in [0, 0.05) is 18.6 Å². The van der Waals surface area contributed by atoms with Crippen LogP contribution in [0.4, 0.5) is 9.52 Å². The molecule has 0 saturated heterocycles. The number of nitrogens with zero attached hydrogens (tertiary/aromatic N) is 3. The van der Waals surface area contributed by atoms with Crippen LogP contribution >= 0.6 is 23.1 Å². The molecule has 1 unspecified atom stereocenters. The summed E-state index contributed by atoms with van der Waals surface area (Å²) in [6.45, 7) is 4.40. The van der Waals surface area contributed by atoms with Crippen molar-refractivity contribution >= 4 is 40.0 Å². The quantitative estimate of drug-likeness (QED) is 0.292. The number of halogens is 1. The van der Waals surface area contributed by atoms with E-state index in [1.165, 1.54) is 35.2 Å². The summed E-state index contributed by atoms with van der Waals surface area (Å²) < 4.78 is 14.0. The first-order valence-electron chi connectivity index (χ1n) is 9.44. The fraction of sp³-hybridized carbons (Fsp3) is 0.400. The topological polar surface area (TPSA) is 87.2 Å². The van der Waals surface area contributed by atoms with E-state index in [9.17, 15) is 14.0 Å². The molecule has 0 fully saturated rings. The molecule has 0 saturated carbocycles. The van der Waals surface area contributed by atoms with Crippen LogP contribution in [0.2, 0.25) is 0 Å². The van der Waals surface area contributed by atoms with E-state index < -0.39 is 0 Å². The van der Waals surface area contributed by atoms with Crippen LogP contribution in [0.5, 0.6) is 0 Å². The highest BCUT2D eigenvalue weighted by molar-refractivity contribution is 8.01. The van der Waals surface area contributed by atoms with Gasteiger partial charge >= 0.3 is 0 Å². The Morgan fingerprint density at radius 3 is 2.60 bits per heavy atom. The lowest BCUT2D eigenvalue weighted by Gasteiger charge is -2.21. The molecule has 30 heavy (non-hydrogen) atoms. The first-order chi connectivity index (χ1) is 14.4. The monoisotopic (exact) mass is 451 g/mol. The predicted molar refractivity (Wildman–Crippen MR) is 119 cm³/mol. The number of hydrogen-bond acceptors (Lipinski definition) is 7. The number of thioether (sulfide) groups is 1. The third-order valence-electron chi connectivity index (χ3n) is 4.03. The summed E-state index contributed by atoms with van der Waals surface area (Å²) in [7, 11) is 3.89. The van der Waals surface area contributed by atoms with Gasteiger partial charge in [-0.3, -0.25) is 9.59 Å². The predicted octanol–water partition coefficient (Wildman–Crippen LogP) is 3.48. The zero-order valence-corrected chi connectivity index (χ0v) is 18.7. The van der Waals surface area contributed by atoms with Gasteiger partial charge < -0.3 is 15.5 Å². The Kier molecular flexibility index (Phi) is 9.92. The van der Waals surface area contributed by atoms with Crippen molar-refractivity contribution < 1.29 is 14.0 Å². The molecule has 1 aromatic carbocycles. The molecule has 1 aromatic heterocycles. The molecule has 0 bridgehead atoms. The van der Waals surface area contributed by atoms with Crippen LogP contribution in [0.3, 0.4) is 0 Å². The van der Waals surface area contributed by atoms with E-state index in [1.807, 2.05) is 19.0 Å². The number of hydrogen-bond donors (Lipinski definition) is 2. The van der Waals surface area contributed by atoms with Crippen LogP contribution in [0.15, 0.2) is 41.3 Å². The highest BCUT2D eigenvalue weighted by Gasteiger charge is 2.17. The van der Waals surface area contributed by atoms with E-state index in [0.717, 1.165) is 16.4 Å². The number of anilines is 1. The van der Waals surface area contributed by atoms with Crippen molar-refractivity contribution in [2.45, 2.75) is 29.6 Å². The minimum atomic E-state index is -0.323. The molecule has 2 aromatic rings. The van der Waals surface area contributed by atoms with Gasteiger partial charge in [0.05, 0.1) is 6.04 Å². The SMILES string of the molecule is C=CCSc1nnc(NC(=O)CCC(=O)NC(CCN(C)C)c2ccc(F)cc2)s1. The number of carbonyl (C=O) groups is 2. The maximum Gasteiger partial charge on any atom is 0.226 e. The Bertz CT molecular complexity index is 842. The molecule has 1 heterocycles. The molecule has 1 atom stereocenters. The molecule has 0 radical (unpaired) electrons. The smallest absolute Gasteiger partial charge is 0.226 e. The summed E-state index contributed by atoms with van der Waals surface area (Å²) >= 11 is 2.76. The molecular formula is C20H26FN5O2S2. The molecule has 0 aliphatic carbocycles. The van der Waals surface area contributed by atoms with Crippen molar-refractivity contribution in [3.05, 3.63) is 48.3 Å². The van der Waals surface area contributed by atoms with Gasteiger partial charge in [-0.15, -0.1) is 16.8 Å². The van der Waals surface area contributed by atoms with Crippen LogP contribution in [0, 0.1) is 5.82 Å². The van der Waals surface area contributed by atoms with Crippen molar-refractivity contribution in [2.75, 3.05) is 31.7 Å². The zero-order valence-electron chi connectivity index (χ0n) is 17.1. The lowest BCUT2D eigenvalue weighted by atomic mass is 10.0. The second kappa shape index (κ2) is 12.4. The van der Waals surface area contributed by atoms with E-state index in [2.05, 4.69) is 27.4 Å². The summed E-state index contributed by atoms with van der Waals surface area (Å²) in [6.07, 6.45) is 2.51. The summed E-state index contributed by atoms with van der Waals surface area (Å²) in [5, 5.41) is 13.9. The maximum absolute atomic E-state index is 13.2. The average molecular weight is 452 g/mol. The van der Waals surface area contributed by atoms with Gasteiger partial charge in [0.2, 0.25) is 16.9 Å². The first-order valence-corrected chi connectivity index (χ1v) is 11.2. The number of aromatic nitrogens is 2. The fourth-order valence-corrected chi connectivity index (χ4v) is 4.06. The Labute approximate surface area is 184 Å². The van der Waals surface area contributed by atoms with Gasteiger partial charge in [0.25, 0.3) is 0 Å². The van der Waals surface area contributed by atoms with E-state index in [1.54, 1.807) is 18.2 Å². The average Bonchev–Trinajstić information content (AvgIpc) is 3.15. The molecule has 162 valence electrons. The fourth-order valence-electron chi connectivity index (χ4n) is 2.53. The van der Waals surface area contributed by atoms with Crippen molar-refractivity contribution in [2.24, 2.45) is 0 Å². The molecular weight excluding hydrogens is 425 g/mol. The number of rotatable bonds is 12. The molecule has 0 spiro atoms. The number of benzene rings is 1. The van der Waals surface area contributed by atoms with Crippen LogP contribution in [0.1, 0.15) is 30.9 Å². The molecule has 2 amide bonds. The van der Waals surface area contributed by atoms with Gasteiger partial charge in [-0.2, -0.15) is 0 Å². The third kappa shape index (κ3) is 8.60. The van der Waals surface area contributed by atoms with Gasteiger partial charge in [0.15, 0.2) is 4.34 Å². The molecule has 0 aliphatic heterocycles. The van der Waals surface area contributed by atoms with E-state index in [-0.39, 0.29) is 36.5 Å². The van der Waals surface area contributed by atoms with Gasteiger partial charge in [-0.25, -0.2) is 4.39 Å².